The van der Waals surface area contributed by atoms with E-state index in [1.807, 2.05) is 0 Å². The maximum atomic E-state index is 12.3. The molecule has 0 radical (unpaired) electrons. The summed E-state index contributed by atoms with van der Waals surface area (Å²) in [6.45, 7) is 2.60. The second-order valence-corrected chi connectivity index (χ2v) is 7.80. The predicted molar refractivity (Wildman–Crippen MR) is 72.0 cm³/mol. The summed E-state index contributed by atoms with van der Waals surface area (Å²) in [5.41, 5.74) is 0.173. The molecule has 0 bridgehead atoms. The lowest BCUT2D eigenvalue weighted by molar-refractivity contribution is -0.145. The number of rotatable bonds is 6. The summed E-state index contributed by atoms with van der Waals surface area (Å²) < 4.78 is 32.1. The van der Waals surface area contributed by atoms with E-state index in [1.54, 1.807) is 0 Å². The van der Waals surface area contributed by atoms with Crippen LogP contribution in [0.1, 0.15) is 45.4 Å². The van der Waals surface area contributed by atoms with Crippen molar-refractivity contribution in [2.45, 2.75) is 50.7 Å². The van der Waals surface area contributed by atoms with Gasteiger partial charge in [-0.3, -0.25) is 4.79 Å². The zero-order chi connectivity index (χ0) is 14.1. The molecule has 0 aromatic rings. The molecule has 5 nitrogen and oxygen atoms in total. The van der Waals surface area contributed by atoms with E-state index in [0.717, 1.165) is 25.7 Å². The van der Waals surface area contributed by atoms with Gasteiger partial charge in [0.1, 0.15) is 0 Å². The summed E-state index contributed by atoms with van der Waals surface area (Å²) >= 11 is 0. The fourth-order valence-corrected chi connectivity index (χ4v) is 4.79. The average molecular weight is 289 g/mol. The quantitative estimate of drug-likeness (QED) is 0.751. The highest BCUT2D eigenvalue weighted by molar-refractivity contribution is 7.90. The van der Waals surface area contributed by atoms with Gasteiger partial charge in [-0.2, -0.15) is 0 Å². The third kappa shape index (κ3) is 3.11. The predicted octanol–water partition coefficient (Wildman–Crippen LogP) is 1.44. The van der Waals surface area contributed by atoms with Gasteiger partial charge in [0, 0.05) is 6.54 Å². The minimum atomic E-state index is -3.42. The van der Waals surface area contributed by atoms with Crippen molar-refractivity contribution in [3.8, 4) is 0 Å². The fraction of sp³-hybridized carbons (Fsp3) is 0.923. The summed E-state index contributed by atoms with van der Waals surface area (Å²) in [6, 6.07) is 0. The van der Waals surface area contributed by atoms with Crippen molar-refractivity contribution >= 4 is 16.0 Å². The maximum Gasteiger partial charge on any atom is 0.310 e. The molecule has 2 aliphatic rings. The molecular formula is C13H23NO4S. The van der Waals surface area contributed by atoms with Crippen LogP contribution in [0.25, 0.3) is 0 Å². The molecule has 0 heterocycles. The van der Waals surface area contributed by atoms with Crippen LogP contribution in [0.15, 0.2) is 0 Å². The van der Waals surface area contributed by atoms with Crippen LogP contribution in [0.2, 0.25) is 0 Å². The molecule has 0 amide bonds. The van der Waals surface area contributed by atoms with E-state index in [4.69, 9.17) is 4.74 Å². The van der Waals surface area contributed by atoms with Gasteiger partial charge < -0.3 is 4.74 Å². The molecule has 19 heavy (non-hydrogen) atoms. The number of methoxy groups -OCH3 is 1. The van der Waals surface area contributed by atoms with Crippen LogP contribution in [0.5, 0.6) is 0 Å². The number of sulfonamides is 1. The van der Waals surface area contributed by atoms with E-state index in [1.165, 1.54) is 7.11 Å². The normalized spacial score (nSPS) is 29.2. The molecule has 2 rings (SSSR count). The summed E-state index contributed by atoms with van der Waals surface area (Å²) in [6.07, 6.45) is 5.12. The van der Waals surface area contributed by atoms with Crippen molar-refractivity contribution in [1.82, 2.24) is 4.72 Å². The Labute approximate surface area is 115 Å². The van der Waals surface area contributed by atoms with Gasteiger partial charge in [0.05, 0.1) is 18.3 Å². The smallest absolute Gasteiger partial charge is 0.310 e. The summed E-state index contributed by atoms with van der Waals surface area (Å²) in [5, 5.41) is -0.618. The van der Waals surface area contributed by atoms with E-state index < -0.39 is 27.2 Å². The topological polar surface area (TPSA) is 72.5 Å². The third-order valence-corrected chi connectivity index (χ3v) is 6.62. The highest BCUT2D eigenvalue weighted by Crippen LogP contribution is 2.48. The zero-order valence-corrected chi connectivity index (χ0v) is 12.5. The molecule has 0 spiro atoms. The van der Waals surface area contributed by atoms with Crippen LogP contribution in [0.4, 0.5) is 0 Å². The highest BCUT2D eigenvalue weighted by atomic mass is 32.2. The first-order valence-electron chi connectivity index (χ1n) is 7.00. The third-order valence-electron chi connectivity index (χ3n) is 4.71. The van der Waals surface area contributed by atoms with E-state index in [0.29, 0.717) is 19.4 Å². The van der Waals surface area contributed by atoms with Gasteiger partial charge in [0.15, 0.2) is 0 Å². The first kappa shape index (κ1) is 14.8. The Morgan fingerprint density at radius 2 is 2.05 bits per heavy atom. The molecule has 1 N–H and O–H groups in total. The molecule has 2 atom stereocenters. The lowest BCUT2D eigenvalue weighted by Crippen LogP contribution is -2.41. The Balaban J connectivity index is 2.00. The van der Waals surface area contributed by atoms with Gasteiger partial charge in [-0.1, -0.05) is 13.3 Å². The van der Waals surface area contributed by atoms with Crippen molar-refractivity contribution in [3.63, 3.8) is 0 Å². The first-order chi connectivity index (χ1) is 8.94. The van der Waals surface area contributed by atoms with Crippen LogP contribution in [-0.4, -0.2) is 33.3 Å². The minimum Gasteiger partial charge on any atom is -0.469 e. The molecule has 2 aliphatic carbocycles. The van der Waals surface area contributed by atoms with Crippen LogP contribution in [0, 0.1) is 11.3 Å². The van der Waals surface area contributed by atoms with Gasteiger partial charge in [-0.15, -0.1) is 0 Å². The second-order valence-electron chi connectivity index (χ2n) is 5.82. The van der Waals surface area contributed by atoms with Crippen molar-refractivity contribution in [1.29, 1.82) is 0 Å². The largest absolute Gasteiger partial charge is 0.469 e. The lowest BCUT2D eigenvalue weighted by Gasteiger charge is -2.20. The fourth-order valence-electron chi connectivity index (χ4n) is 2.91. The number of carbonyl (C=O) groups excluding carboxylic acids is 1. The van der Waals surface area contributed by atoms with Crippen LogP contribution in [0.3, 0.4) is 0 Å². The number of ether oxygens (including phenoxy) is 1. The molecule has 0 aromatic carbocycles. The monoisotopic (exact) mass is 289 g/mol. The van der Waals surface area contributed by atoms with Crippen LogP contribution < -0.4 is 4.72 Å². The van der Waals surface area contributed by atoms with Gasteiger partial charge in [-0.05, 0) is 37.5 Å². The van der Waals surface area contributed by atoms with Crippen molar-refractivity contribution in [2.24, 2.45) is 11.3 Å². The van der Waals surface area contributed by atoms with Gasteiger partial charge in [0.2, 0.25) is 10.0 Å². The van der Waals surface area contributed by atoms with E-state index in [-0.39, 0.29) is 5.41 Å². The first-order valence-corrected chi connectivity index (χ1v) is 8.55. The number of esters is 1. The van der Waals surface area contributed by atoms with E-state index in [9.17, 15) is 13.2 Å². The molecule has 2 fully saturated rings. The number of hydrogen-bond donors (Lipinski definition) is 1. The Morgan fingerprint density at radius 3 is 2.58 bits per heavy atom. The van der Waals surface area contributed by atoms with Crippen molar-refractivity contribution in [2.75, 3.05) is 13.7 Å². The zero-order valence-electron chi connectivity index (χ0n) is 11.6. The highest BCUT2D eigenvalue weighted by Gasteiger charge is 2.45. The summed E-state index contributed by atoms with van der Waals surface area (Å²) in [5.74, 6) is -0.899. The molecule has 2 saturated carbocycles. The Morgan fingerprint density at radius 1 is 1.37 bits per heavy atom. The Kier molecular flexibility index (Phi) is 4.20. The maximum absolute atomic E-state index is 12.3. The Bertz CT molecular complexity index is 442. The van der Waals surface area contributed by atoms with E-state index in [2.05, 4.69) is 11.6 Å². The molecule has 2 unspecified atom stereocenters. The molecule has 0 saturated heterocycles. The second kappa shape index (κ2) is 5.40. The van der Waals surface area contributed by atoms with Gasteiger partial charge >= 0.3 is 5.97 Å². The SMILES string of the molecule is CCC1(CNS(=O)(=O)C2CCCC2C(=O)OC)CC1. The number of nitrogens with one attached hydrogen (secondary N) is 1. The Hall–Kier alpha value is -0.620. The average Bonchev–Trinajstić information content (AvgIpc) is 3.01. The molecule has 0 aromatic heterocycles. The van der Waals surface area contributed by atoms with Crippen LogP contribution >= 0.6 is 0 Å². The molecule has 110 valence electrons. The molecule has 6 heteroatoms. The minimum absolute atomic E-state index is 0.173. The standard InChI is InChI=1S/C13H23NO4S/c1-3-13(7-8-13)9-14-19(16,17)11-6-4-5-10(11)12(15)18-2/h10-11,14H,3-9H2,1-2H3. The molecule has 0 aliphatic heterocycles. The summed E-state index contributed by atoms with van der Waals surface area (Å²) in [7, 11) is -2.10. The molecular weight excluding hydrogens is 266 g/mol. The van der Waals surface area contributed by atoms with Gasteiger partial charge in [-0.25, -0.2) is 13.1 Å². The lowest BCUT2D eigenvalue weighted by atomic mass is 10.1. The van der Waals surface area contributed by atoms with Gasteiger partial charge in [0.25, 0.3) is 0 Å². The van der Waals surface area contributed by atoms with Crippen molar-refractivity contribution in [3.05, 3.63) is 0 Å². The number of carbonyl (C=O) groups is 1. The van der Waals surface area contributed by atoms with E-state index >= 15 is 0 Å². The van der Waals surface area contributed by atoms with Crippen molar-refractivity contribution < 1.29 is 17.9 Å². The summed E-state index contributed by atoms with van der Waals surface area (Å²) in [4.78, 5) is 11.6. The van der Waals surface area contributed by atoms with Crippen LogP contribution in [-0.2, 0) is 19.6 Å². The number of hydrogen-bond acceptors (Lipinski definition) is 4.